The Labute approximate surface area is 137 Å². The van der Waals surface area contributed by atoms with E-state index in [4.69, 9.17) is 15.6 Å². The average molecular weight is 347 g/mol. The number of rotatable bonds is 5. The number of ether oxygens (including phenoxy) is 1. The highest BCUT2D eigenvalue weighted by Crippen LogP contribution is 2.33. The number of carbonyl (C=O) groups is 2. The van der Waals surface area contributed by atoms with E-state index in [1.54, 1.807) is 20.8 Å². The highest BCUT2D eigenvalue weighted by atomic mass is 19.4. The van der Waals surface area contributed by atoms with Gasteiger partial charge in [0.15, 0.2) is 0 Å². The first-order chi connectivity index (χ1) is 10.8. The molecule has 5 nitrogen and oxygen atoms in total. The van der Waals surface area contributed by atoms with E-state index in [2.05, 4.69) is 0 Å². The van der Waals surface area contributed by atoms with Crippen LogP contribution in [-0.2, 0) is 20.5 Å². The van der Waals surface area contributed by atoms with E-state index in [0.717, 1.165) is 18.2 Å². The van der Waals surface area contributed by atoms with Gasteiger partial charge in [0.05, 0.1) is 17.9 Å². The lowest BCUT2D eigenvalue weighted by molar-refractivity contribution is -0.157. The molecule has 8 heteroatoms. The number of esters is 1. The molecule has 1 rings (SSSR count). The topological polar surface area (TPSA) is 89.6 Å². The molecule has 0 saturated carbocycles. The third kappa shape index (κ3) is 5.84. The Bertz CT molecular complexity index is 608. The number of hydrogen-bond donors (Lipinski definition) is 2. The van der Waals surface area contributed by atoms with Gasteiger partial charge in [0.2, 0.25) is 0 Å². The third-order valence-corrected chi connectivity index (χ3v) is 3.07. The van der Waals surface area contributed by atoms with Gasteiger partial charge in [0.1, 0.15) is 5.60 Å². The lowest BCUT2D eigenvalue weighted by Gasteiger charge is -2.27. The molecule has 2 atom stereocenters. The largest absolute Gasteiger partial charge is 0.481 e. The van der Waals surface area contributed by atoms with Crippen molar-refractivity contribution in [1.82, 2.24) is 0 Å². The minimum absolute atomic E-state index is 0.0344. The van der Waals surface area contributed by atoms with Gasteiger partial charge >= 0.3 is 18.1 Å². The second kappa shape index (κ2) is 7.21. The molecule has 0 radical (unpaired) electrons. The van der Waals surface area contributed by atoms with Gasteiger partial charge in [-0.3, -0.25) is 9.59 Å². The Balaban J connectivity index is 3.27. The first kappa shape index (κ1) is 20.0. The van der Waals surface area contributed by atoms with Crippen LogP contribution in [-0.4, -0.2) is 28.7 Å². The first-order valence-corrected chi connectivity index (χ1v) is 7.18. The molecule has 1 aromatic rings. The zero-order chi connectivity index (χ0) is 18.7. The Kier molecular flexibility index (Phi) is 5.99. The van der Waals surface area contributed by atoms with Crippen LogP contribution < -0.4 is 5.73 Å². The normalized spacial score (nSPS) is 14.8. The van der Waals surface area contributed by atoms with Crippen molar-refractivity contribution in [3.05, 3.63) is 35.4 Å². The first-order valence-electron chi connectivity index (χ1n) is 7.18. The summed E-state index contributed by atoms with van der Waals surface area (Å²) in [5.74, 6) is -3.44. The standard InChI is InChI=1S/C16H20F3NO4/c1-15(2,3)24-14(23)13(11(20)8-12(21)22)9-5-4-6-10(7-9)16(17,18)19/h4-7,11,13H,8,20H2,1-3H3,(H,21,22)/t11-,13?/m0/s1. The maximum Gasteiger partial charge on any atom is 0.416 e. The van der Waals surface area contributed by atoms with Crippen LogP contribution in [0.25, 0.3) is 0 Å². The van der Waals surface area contributed by atoms with Gasteiger partial charge in [-0.25, -0.2) is 0 Å². The molecule has 24 heavy (non-hydrogen) atoms. The summed E-state index contributed by atoms with van der Waals surface area (Å²) in [7, 11) is 0. The number of alkyl halides is 3. The van der Waals surface area contributed by atoms with Gasteiger partial charge < -0.3 is 15.6 Å². The van der Waals surface area contributed by atoms with Crippen LogP contribution in [0.2, 0.25) is 0 Å². The SMILES string of the molecule is CC(C)(C)OC(=O)C(c1cccc(C(F)(F)F)c1)[C@@H](N)CC(=O)O. The number of carboxylic acids is 1. The average Bonchev–Trinajstić information content (AvgIpc) is 2.34. The van der Waals surface area contributed by atoms with Gasteiger partial charge in [-0.05, 0) is 32.4 Å². The van der Waals surface area contributed by atoms with E-state index in [9.17, 15) is 22.8 Å². The van der Waals surface area contributed by atoms with Crippen molar-refractivity contribution in [2.45, 2.75) is 50.9 Å². The van der Waals surface area contributed by atoms with Crippen molar-refractivity contribution in [1.29, 1.82) is 0 Å². The summed E-state index contributed by atoms with van der Waals surface area (Å²) in [5.41, 5.74) is 3.90. The molecule has 0 fully saturated rings. The molecule has 0 spiro atoms. The minimum Gasteiger partial charge on any atom is -0.481 e. The van der Waals surface area contributed by atoms with E-state index in [1.807, 2.05) is 0 Å². The monoisotopic (exact) mass is 347 g/mol. The van der Waals surface area contributed by atoms with Crippen LogP contribution >= 0.6 is 0 Å². The lowest BCUT2D eigenvalue weighted by atomic mass is 9.89. The van der Waals surface area contributed by atoms with Crippen LogP contribution in [0.4, 0.5) is 13.2 Å². The minimum atomic E-state index is -4.59. The number of halogens is 3. The van der Waals surface area contributed by atoms with Crippen molar-refractivity contribution in [3.8, 4) is 0 Å². The molecule has 1 aromatic carbocycles. The molecule has 0 aliphatic heterocycles. The predicted molar refractivity (Wildman–Crippen MR) is 80.3 cm³/mol. The molecule has 0 aromatic heterocycles. The van der Waals surface area contributed by atoms with Crippen molar-refractivity contribution < 1.29 is 32.6 Å². The molecular weight excluding hydrogens is 327 g/mol. The van der Waals surface area contributed by atoms with Crippen molar-refractivity contribution in [3.63, 3.8) is 0 Å². The summed E-state index contributed by atoms with van der Waals surface area (Å²) in [4.78, 5) is 23.2. The zero-order valence-corrected chi connectivity index (χ0v) is 13.6. The van der Waals surface area contributed by atoms with Crippen LogP contribution in [0.3, 0.4) is 0 Å². The van der Waals surface area contributed by atoms with Gasteiger partial charge in [0, 0.05) is 6.04 Å². The summed E-state index contributed by atoms with van der Waals surface area (Å²) in [6.07, 6.45) is -5.18. The fraction of sp³-hybridized carbons (Fsp3) is 0.500. The maximum atomic E-state index is 12.9. The van der Waals surface area contributed by atoms with E-state index in [1.165, 1.54) is 6.07 Å². The molecule has 0 amide bonds. The second-order valence-corrected chi connectivity index (χ2v) is 6.40. The molecule has 3 N–H and O–H groups in total. The van der Waals surface area contributed by atoms with Crippen LogP contribution in [0, 0.1) is 0 Å². The second-order valence-electron chi connectivity index (χ2n) is 6.40. The van der Waals surface area contributed by atoms with Crippen LogP contribution in [0.5, 0.6) is 0 Å². The Morgan fingerprint density at radius 3 is 2.29 bits per heavy atom. The van der Waals surface area contributed by atoms with Gasteiger partial charge in [-0.2, -0.15) is 13.2 Å². The number of benzene rings is 1. The Morgan fingerprint density at radius 2 is 1.83 bits per heavy atom. The summed E-state index contributed by atoms with van der Waals surface area (Å²) in [6, 6.07) is 2.87. The number of carbonyl (C=O) groups excluding carboxylic acids is 1. The third-order valence-electron chi connectivity index (χ3n) is 3.07. The molecule has 0 aliphatic carbocycles. The predicted octanol–water partition coefficient (Wildman–Crippen LogP) is 2.93. The van der Waals surface area contributed by atoms with Crippen LogP contribution in [0.15, 0.2) is 24.3 Å². The lowest BCUT2D eigenvalue weighted by Crippen LogP contribution is -2.39. The molecular formula is C16H20F3NO4. The zero-order valence-electron chi connectivity index (χ0n) is 13.6. The molecule has 134 valence electrons. The number of hydrogen-bond acceptors (Lipinski definition) is 4. The van der Waals surface area contributed by atoms with Crippen molar-refractivity contribution >= 4 is 11.9 Å². The van der Waals surface area contributed by atoms with Crippen molar-refractivity contribution in [2.75, 3.05) is 0 Å². The molecule has 0 heterocycles. The Morgan fingerprint density at radius 1 is 1.25 bits per heavy atom. The number of carboxylic acid groups (broad SMARTS) is 1. The fourth-order valence-electron chi connectivity index (χ4n) is 2.15. The highest BCUT2D eigenvalue weighted by molar-refractivity contribution is 5.81. The Hall–Kier alpha value is -2.09. The van der Waals surface area contributed by atoms with Crippen molar-refractivity contribution in [2.24, 2.45) is 5.73 Å². The summed E-state index contributed by atoms with van der Waals surface area (Å²) in [6.45, 7) is 4.78. The van der Waals surface area contributed by atoms with E-state index in [0.29, 0.717) is 0 Å². The number of aliphatic carboxylic acids is 1. The van der Waals surface area contributed by atoms with Crippen LogP contribution in [0.1, 0.15) is 44.2 Å². The summed E-state index contributed by atoms with van der Waals surface area (Å²) in [5, 5.41) is 8.87. The van der Waals surface area contributed by atoms with Gasteiger partial charge in [-0.15, -0.1) is 0 Å². The quantitative estimate of drug-likeness (QED) is 0.800. The number of nitrogens with two attached hydrogens (primary N) is 1. The summed E-state index contributed by atoms with van der Waals surface area (Å²) >= 11 is 0. The van der Waals surface area contributed by atoms with E-state index < -0.39 is 47.7 Å². The molecule has 0 bridgehead atoms. The van der Waals surface area contributed by atoms with Gasteiger partial charge in [-0.1, -0.05) is 18.2 Å². The molecule has 1 unspecified atom stereocenters. The van der Waals surface area contributed by atoms with Gasteiger partial charge in [0.25, 0.3) is 0 Å². The van der Waals surface area contributed by atoms with E-state index in [-0.39, 0.29) is 5.56 Å². The molecule has 0 aliphatic rings. The summed E-state index contributed by atoms with van der Waals surface area (Å²) < 4.78 is 43.8. The fourth-order valence-corrected chi connectivity index (χ4v) is 2.15. The molecule has 0 saturated heterocycles. The highest BCUT2D eigenvalue weighted by Gasteiger charge is 2.36. The van der Waals surface area contributed by atoms with E-state index >= 15 is 0 Å². The smallest absolute Gasteiger partial charge is 0.416 e. The maximum absolute atomic E-state index is 12.9.